The second kappa shape index (κ2) is 9.21. The molecule has 1 unspecified atom stereocenters. The standard InChI is InChI=1S/C22H26N2O3/c1-2-18-8-6-7-15-24(18)22(26)16-21(25)23-17-11-13-20(14-12-17)27-19-9-4-3-5-10-19/h3-5,9-14,18H,2,6-8,15-16H2,1H3,(H,23,25). The maximum Gasteiger partial charge on any atom is 0.233 e. The number of para-hydroxylation sites is 1. The Hall–Kier alpha value is -2.82. The minimum absolute atomic E-state index is 0.0805. The lowest BCUT2D eigenvalue weighted by Gasteiger charge is -2.35. The SMILES string of the molecule is CCC1CCCCN1C(=O)CC(=O)Nc1ccc(Oc2ccccc2)cc1. The Kier molecular flexibility index (Phi) is 6.47. The fourth-order valence-electron chi connectivity index (χ4n) is 3.43. The number of carbonyl (C=O) groups is 2. The van der Waals surface area contributed by atoms with Crippen molar-refractivity contribution in [1.82, 2.24) is 4.90 Å². The van der Waals surface area contributed by atoms with Gasteiger partial charge in [0, 0.05) is 18.3 Å². The summed E-state index contributed by atoms with van der Waals surface area (Å²) in [6.07, 6.45) is 4.04. The number of anilines is 1. The van der Waals surface area contributed by atoms with Crippen LogP contribution >= 0.6 is 0 Å². The Morgan fingerprint density at radius 2 is 1.74 bits per heavy atom. The Morgan fingerprint density at radius 3 is 2.44 bits per heavy atom. The number of nitrogens with zero attached hydrogens (tertiary/aromatic N) is 1. The highest BCUT2D eigenvalue weighted by atomic mass is 16.5. The number of amides is 2. The van der Waals surface area contributed by atoms with Crippen LogP contribution in [0.1, 0.15) is 39.0 Å². The number of hydrogen-bond acceptors (Lipinski definition) is 3. The molecule has 2 amide bonds. The maximum atomic E-state index is 12.5. The van der Waals surface area contributed by atoms with Crippen molar-refractivity contribution in [3.63, 3.8) is 0 Å². The molecule has 2 aromatic carbocycles. The third-order valence-corrected chi connectivity index (χ3v) is 4.85. The molecule has 1 fully saturated rings. The summed E-state index contributed by atoms with van der Waals surface area (Å²) in [7, 11) is 0. The number of rotatable bonds is 6. The van der Waals surface area contributed by atoms with Gasteiger partial charge >= 0.3 is 0 Å². The fraction of sp³-hybridized carbons (Fsp3) is 0.364. The van der Waals surface area contributed by atoms with Crippen molar-refractivity contribution in [1.29, 1.82) is 0 Å². The lowest BCUT2D eigenvalue weighted by molar-refractivity contribution is -0.137. The molecular weight excluding hydrogens is 340 g/mol. The highest BCUT2D eigenvalue weighted by Gasteiger charge is 2.26. The van der Waals surface area contributed by atoms with Gasteiger partial charge in [-0.1, -0.05) is 25.1 Å². The van der Waals surface area contributed by atoms with Crippen LogP contribution in [0.5, 0.6) is 11.5 Å². The van der Waals surface area contributed by atoms with Crippen LogP contribution in [0.4, 0.5) is 5.69 Å². The Bertz CT molecular complexity index is 759. The molecule has 0 aromatic heterocycles. The highest BCUT2D eigenvalue weighted by molar-refractivity contribution is 6.03. The third kappa shape index (κ3) is 5.33. The first-order valence-electron chi connectivity index (χ1n) is 9.58. The van der Waals surface area contributed by atoms with E-state index in [0.29, 0.717) is 11.4 Å². The molecule has 3 rings (SSSR count). The molecule has 0 aliphatic carbocycles. The maximum absolute atomic E-state index is 12.5. The van der Waals surface area contributed by atoms with Gasteiger partial charge in [-0.05, 0) is 62.1 Å². The van der Waals surface area contributed by atoms with Crippen LogP contribution in [-0.2, 0) is 9.59 Å². The summed E-state index contributed by atoms with van der Waals surface area (Å²) >= 11 is 0. The van der Waals surface area contributed by atoms with Crippen molar-refractivity contribution >= 4 is 17.5 Å². The summed E-state index contributed by atoms with van der Waals surface area (Å²) in [5, 5.41) is 2.79. The Balaban J connectivity index is 1.52. The Labute approximate surface area is 160 Å². The average molecular weight is 366 g/mol. The molecule has 1 aliphatic heterocycles. The first kappa shape index (κ1) is 19.0. The van der Waals surface area contributed by atoms with Crippen LogP contribution in [0.15, 0.2) is 54.6 Å². The van der Waals surface area contributed by atoms with E-state index in [1.54, 1.807) is 24.3 Å². The van der Waals surface area contributed by atoms with E-state index in [1.165, 1.54) is 0 Å². The molecule has 1 atom stereocenters. The third-order valence-electron chi connectivity index (χ3n) is 4.85. The van der Waals surface area contributed by atoms with Crippen molar-refractivity contribution < 1.29 is 14.3 Å². The zero-order chi connectivity index (χ0) is 19.1. The smallest absolute Gasteiger partial charge is 0.233 e. The average Bonchev–Trinajstić information content (AvgIpc) is 2.70. The van der Waals surface area contributed by atoms with Gasteiger partial charge in [0.25, 0.3) is 0 Å². The number of carbonyl (C=O) groups excluding carboxylic acids is 2. The number of likely N-dealkylation sites (tertiary alicyclic amines) is 1. The molecule has 2 aromatic rings. The predicted molar refractivity (Wildman–Crippen MR) is 106 cm³/mol. The van der Waals surface area contributed by atoms with Crippen molar-refractivity contribution in [2.24, 2.45) is 0 Å². The molecule has 27 heavy (non-hydrogen) atoms. The minimum Gasteiger partial charge on any atom is -0.457 e. The second-order valence-electron chi connectivity index (χ2n) is 6.81. The fourth-order valence-corrected chi connectivity index (χ4v) is 3.43. The Morgan fingerprint density at radius 1 is 1.04 bits per heavy atom. The zero-order valence-electron chi connectivity index (χ0n) is 15.7. The van der Waals surface area contributed by atoms with Gasteiger partial charge in [0.1, 0.15) is 17.9 Å². The van der Waals surface area contributed by atoms with E-state index >= 15 is 0 Å². The van der Waals surface area contributed by atoms with E-state index in [9.17, 15) is 9.59 Å². The molecule has 0 saturated carbocycles. The molecule has 0 bridgehead atoms. The molecule has 142 valence electrons. The number of hydrogen-bond donors (Lipinski definition) is 1. The number of ether oxygens (including phenoxy) is 1. The molecule has 1 N–H and O–H groups in total. The van der Waals surface area contributed by atoms with E-state index in [-0.39, 0.29) is 24.3 Å². The number of piperidine rings is 1. The summed E-state index contributed by atoms with van der Waals surface area (Å²) in [4.78, 5) is 26.6. The predicted octanol–water partition coefficient (Wildman–Crippen LogP) is 4.60. The normalized spacial score (nSPS) is 16.6. The largest absolute Gasteiger partial charge is 0.457 e. The molecule has 1 saturated heterocycles. The van der Waals surface area contributed by atoms with Gasteiger partial charge in [0.05, 0.1) is 0 Å². The summed E-state index contributed by atoms with van der Waals surface area (Å²) in [6.45, 7) is 2.85. The van der Waals surface area contributed by atoms with Gasteiger partial charge in [0.2, 0.25) is 11.8 Å². The van der Waals surface area contributed by atoms with Crippen molar-refractivity contribution in [2.45, 2.75) is 45.1 Å². The first-order chi connectivity index (χ1) is 13.2. The van der Waals surface area contributed by atoms with Gasteiger partial charge < -0.3 is 15.0 Å². The number of nitrogens with one attached hydrogen (secondary N) is 1. The van der Waals surface area contributed by atoms with E-state index in [2.05, 4.69) is 12.2 Å². The number of benzene rings is 2. The van der Waals surface area contributed by atoms with Gasteiger partial charge in [-0.3, -0.25) is 9.59 Å². The summed E-state index contributed by atoms with van der Waals surface area (Å²) in [5.74, 6) is 1.08. The first-order valence-corrected chi connectivity index (χ1v) is 9.58. The van der Waals surface area contributed by atoms with Crippen LogP contribution in [0.3, 0.4) is 0 Å². The van der Waals surface area contributed by atoms with Gasteiger partial charge in [-0.15, -0.1) is 0 Å². The molecule has 1 aliphatic rings. The molecular formula is C22H26N2O3. The lowest BCUT2D eigenvalue weighted by atomic mass is 9.99. The van der Waals surface area contributed by atoms with Crippen molar-refractivity contribution in [3.05, 3.63) is 54.6 Å². The molecule has 5 nitrogen and oxygen atoms in total. The van der Waals surface area contributed by atoms with Crippen LogP contribution in [0.25, 0.3) is 0 Å². The molecule has 1 heterocycles. The van der Waals surface area contributed by atoms with Gasteiger partial charge in [-0.2, -0.15) is 0 Å². The quantitative estimate of drug-likeness (QED) is 0.760. The minimum atomic E-state index is -0.280. The van der Waals surface area contributed by atoms with E-state index in [4.69, 9.17) is 4.74 Å². The topological polar surface area (TPSA) is 58.6 Å². The zero-order valence-corrected chi connectivity index (χ0v) is 15.7. The molecule has 0 spiro atoms. The summed E-state index contributed by atoms with van der Waals surface area (Å²) < 4.78 is 5.73. The highest BCUT2D eigenvalue weighted by Crippen LogP contribution is 2.23. The monoisotopic (exact) mass is 366 g/mol. The van der Waals surface area contributed by atoms with Gasteiger partial charge in [-0.25, -0.2) is 0 Å². The second-order valence-corrected chi connectivity index (χ2v) is 6.81. The lowest BCUT2D eigenvalue weighted by Crippen LogP contribution is -2.44. The molecule has 0 radical (unpaired) electrons. The van der Waals surface area contributed by atoms with Crippen LogP contribution in [0.2, 0.25) is 0 Å². The summed E-state index contributed by atoms with van der Waals surface area (Å²) in [5.41, 5.74) is 0.652. The van der Waals surface area contributed by atoms with E-state index in [1.807, 2.05) is 35.2 Å². The molecule has 5 heteroatoms. The van der Waals surface area contributed by atoms with E-state index in [0.717, 1.165) is 38.0 Å². The van der Waals surface area contributed by atoms with Crippen LogP contribution in [-0.4, -0.2) is 29.3 Å². The van der Waals surface area contributed by atoms with Crippen molar-refractivity contribution in [2.75, 3.05) is 11.9 Å². The van der Waals surface area contributed by atoms with E-state index < -0.39 is 0 Å². The van der Waals surface area contributed by atoms with Crippen LogP contribution in [0, 0.1) is 0 Å². The van der Waals surface area contributed by atoms with Crippen molar-refractivity contribution in [3.8, 4) is 11.5 Å². The van der Waals surface area contributed by atoms with Gasteiger partial charge in [0.15, 0.2) is 0 Å². The van der Waals surface area contributed by atoms with Crippen LogP contribution < -0.4 is 10.1 Å². The summed E-state index contributed by atoms with van der Waals surface area (Å²) in [6, 6.07) is 16.9.